The van der Waals surface area contributed by atoms with Crippen LogP contribution in [0, 0.1) is 0 Å². The van der Waals surface area contributed by atoms with E-state index in [1.165, 1.54) is 6.20 Å². The molecule has 0 saturated carbocycles. The molecular weight excluding hydrogens is 232 g/mol. The van der Waals surface area contributed by atoms with Crippen molar-refractivity contribution < 1.29 is 9.53 Å². The molecule has 0 aliphatic heterocycles. The quantitative estimate of drug-likeness (QED) is 0.734. The fraction of sp³-hybridized carbons (Fsp3) is 0.583. The topological polar surface area (TPSA) is 67.4 Å². The summed E-state index contributed by atoms with van der Waals surface area (Å²) in [6.07, 6.45) is 3.05. The normalized spacial score (nSPS) is 10.2. The standard InChI is InChI=1S/C12H20N4O2/c1-4-13-11-9-14-10(8-15-11)12(17)16(3)6-7-18-5-2/h8-9H,4-7H2,1-3H3,(H,13,15). The lowest BCUT2D eigenvalue weighted by molar-refractivity contribution is 0.0704. The number of rotatable bonds is 7. The van der Waals surface area contributed by atoms with E-state index in [9.17, 15) is 4.79 Å². The summed E-state index contributed by atoms with van der Waals surface area (Å²) in [4.78, 5) is 21.7. The minimum atomic E-state index is -0.148. The Labute approximate surface area is 107 Å². The molecule has 0 saturated heterocycles. The van der Waals surface area contributed by atoms with Crippen LogP contribution in [0.4, 0.5) is 5.82 Å². The zero-order chi connectivity index (χ0) is 13.4. The molecule has 1 amide bonds. The van der Waals surface area contributed by atoms with Crippen LogP contribution in [0.5, 0.6) is 0 Å². The highest BCUT2D eigenvalue weighted by atomic mass is 16.5. The molecule has 0 fully saturated rings. The number of hydrogen-bond acceptors (Lipinski definition) is 5. The zero-order valence-corrected chi connectivity index (χ0v) is 11.1. The fourth-order valence-electron chi connectivity index (χ4n) is 1.35. The Hall–Kier alpha value is -1.69. The van der Waals surface area contributed by atoms with Crippen LogP contribution < -0.4 is 5.32 Å². The number of nitrogens with one attached hydrogen (secondary N) is 1. The molecule has 1 rings (SSSR count). The summed E-state index contributed by atoms with van der Waals surface area (Å²) < 4.78 is 5.20. The molecule has 0 aliphatic carbocycles. The predicted octanol–water partition coefficient (Wildman–Crippen LogP) is 1.02. The molecule has 18 heavy (non-hydrogen) atoms. The van der Waals surface area contributed by atoms with E-state index in [0.29, 0.717) is 31.3 Å². The predicted molar refractivity (Wildman–Crippen MR) is 69.6 cm³/mol. The van der Waals surface area contributed by atoms with Crippen LogP contribution in [-0.2, 0) is 4.74 Å². The highest BCUT2D eigenvalue weighted by Crippen LogP contribution is 2.03. The smallest absolute Gasteiger partial charge is 0.273 e. The number of likely N-dealkylation sites (N-methyl/N-ethyl adjacent to an activating group) is 1. The van der Waals surface area contributed by atoms with Crippen molar-refractivity contribution in [2.24, 2.45) is 0 Å². The molecule has 0 atom stereocenters. The van der Waals surface area contributed by atoms with Crippen molar-refractivity contribution in [2.45, 2.75) is 13.8 Å². The maximum atomic E-state index is 12.0. The van der Waals surface area contributed by atoms with E-state index in [4.69, 9.17) is 4.74 Å². The van der Waals surface area contributed by atoms with Gasteiger partial charge in [0.25, 0.3) is 5.91 Å². The molecule has 6 heteroatoms. The average Bonchev–Trinajstić information content (AvgIpc) is 2.39. The first-order valence-corrected chi connectivity index (χ1v) is 6.08. The van der Waals surface area contributed by atoms with Gasteiger partial charge in [-0.05, 0) is 13.8 Å². The summed E-state index contributed by atoms with van der Waals surface area (Å²) in [6, 6.07) is 0. The second-order valence-corrected chi connectivity index (χ2v) is 3.74. The van der Waals surface area contributed by atoms with E-state index in [2.05, 4.69) is 15.3 Å². The van der Waals surface area contributed by atoms with E-state index in [1.54, 1.807) is 18.1 Å². The van der Waals surface area contributed by atoms with Crippen molar-refractivity contribution in [3.05, 3.63) is 18.1 Å². The summed E-state index contributed by atoms with van der Waals surface area (Å²) in [6.45, 7) is 6.40. The monoisotopic (exact) mass is 252 g/mol. The molecule has 0 unspecified atom stereocenters. The molecule has 1 N–H and O–H groups in total. The van der Waals surface area contributed by atoms with E-state index in [-0.39, 0.29) is 5.91 Å². The van der Waals surface area contributed by atoms with Crippen molar-refractivity contribution in [2.75, 3.05) is 38.7 Å². The Morgan fingerprint density at radius 2 is 2.17 bits per heavy atom. The van der Waals surface area contributed by atoms with E-state index < -0.39 is 0 Å². The van der Waals surface area contributed by atoms with Gasteiger partial charge >= 0.3 is 0 Å². The van der Waals surface area contributed by atoms with E-state index >= 15 is 0 Å². The van der Waals surface area contributed by atoms with Crippen LogP contribution in [0.15, 0.2) is 12.4 Å². The van der Waals surface area contributed by atoms with Gasteiger partial charge in [0.1, 0.15) is 11.5 Å². The van der Waals surface area contributed by atoms with Crippen molar-refractivity contribution in [3.8, 4) is 0 Å². The highest BCUT2D eigenvalue weighted by Gasteiger charge is 2.13. The van der Waals surface area contributed by atoms with Crippen LogP contribution in [0.3, 0.4) is 0 Å². The Morgan fingerprint density at radius 1 is 1.39 bits per heavy atom. The largest absolute Gasteiger partial charge is 0.380 e. The second kappa shape index (κ2) is 7.60. The van der Waals surface area contributed by atoms with Crippen LogP contribution >= 0.6 is 0 Å². The van der Waals surface area contributed by atoms with Gasteiger partial charge in [-0.3, -0.25) is 4.79 Å². The molecule has 0 bridgehead atoms. The van der Waals surface area contributed by atoms with Crippen molar-refractivity contribution in [1.29, 1.82) is 0 Å². The summed E-state index contributed by atoms with van der Waals surface area (Å²) >= 11 is 0. The van der Waals surface area contributed by atoms with Crippen molar-refractivity contribution in [1.82, 2.24) is 14.9 Å². The molecule has 1 heterocycles. The van der Waals surface area contributed by atoms with E-state index in [0.717, 1.165) is 6.54 Å². The van der Waals surface area contributed by atoms with Gasteiger partial charge in [0.15, 0.2) is 0 Å². The van der Waals surface area contributed by atoms with Gasteiger partial charge in [-0.1, -0.05) is 0 Å². The molecule has 0 aliphatic rings. The molecule has 6 nitrogen and oxygen atoms in total. The minimum Gasteiger partial charge on any atom is -0.380 e. The fourth-order valence-corrected chi connectivity index (χ4v) is 1.35. The van der Waals surface area contributed by atoms with Gasteiger partial charge in [-0.15, -0.1) is 0 Å². The SMILES string of the molecule is CCNc1cnc(C(=O)N(C)CCOCC)cn1. The Morgan fingerprint density at radius 3 is 2.72 bits per heavy atom. The number of anilines is 1. The lowest BCUT2D eigenvalue weighted by atomic mass is 10.4. The molecule has 1 aromatic rings. The third-order valence-corrected chi connectivity index (χ3v) is 2.35. The van der Waals surface area contributed by atoms with Gasteiger partial charge in [0.2, 0.25) is 0 Å². The molecular formula is C12H20N4O2. The molecule has 1 aromatic heterocycles. The number of carbonyl (C=O) groups is 1. The minimum absolute atomic E-state index is 0.148. The number of ether oxygens (including phenoxy) is 1. The number of nitrogens with zero attached hydrogens (tertiary/aromatic N) is 3. The van der Waals surface area contributed by atoms with Gasteiger partial charge in [0.05, 0.1) is 19.0 Å². The number of amides is 1. The lowest BCUT2D eigenvalue weighted by Crippen LogP contribution is -2.30. The van der Waals surface area contributed by atoms with Crippen molar-refractivity contribution in [3.63, 3.8) is 0 Å². The summed E-state index contributed by atoms with van der Waals surface area (Å²) in [5.41, 5.74) is 0.343. The van der Waals surface area contributed by atoms with Crippen LogP contribution in [0.1, 0.15) is 24.3 Å². The number of aromatic nitrogens is 2. The molecule has 0 aromatic carbocycles. The number of hydrogen-bond donors (Lipinski definition) is 1. The third-order valence-electron chi connectivity index (χ3n) is 2.35. The molecule has 0 radical (unpaired) electrons. The Balaban J connectivity index is 2.54. The molecule has 100 valence electrons. The zero-order valence-electron chi connectivity index (χ0n) is 11.1. The first kappa shape index (κ1) is 14.4. The van der Waals surface area contributed by atoms with Crippen LogP contribution in [0.25, 0.3) is 0 Å². The van der Waals surface area contributed by atoms with Crippen LogP contribution in [-0.4, -0.2) is 54.1 Å². The van der Waals surface area contributed by atoms with Crippen LogP contribution in [0.2, 0.25) is 0 Å². The molecule has 0 spiro atoms. The first-order chi connectivity index (χ1) is 8.69. The van der Waals surface area contributed by atoms with Gasteiger partial charge in [-0.2, -0.15) is 0 Å². The van der Waals surface area contributed by atoms with E-state index in [1.807, 2.05) is 13.8 Å². The summed E-state index contributed by atoms with van der Waals surface area (Å²) in [5.74, 6) is 0.524. The number of carbonyl (C=O) groups excluding carboxylic acids is 1. The first-order valence-electron chi connectivity index (χ1n) is 6.08. The average molecular weight is 252 g/mol. The van der Waals surface area contributed by atoms with Gasteiger partial charge in [0, 0.05) is 26.7 Å². The van der Waals surface area contributed by atoms with Crippen molar-refractivity contribution >= 4 is 11.7 Å². The lowest BCUT2D eigenvalue weighted by Gasteiger charge is -2.16. The summed E-state index contributed by atoms with van der Waals surface area (Å²) in [5, 5.41) is 3.03. The van der Waals surface area contributed by atoms with Gasteiger partial charge in [-0.25, -0.2) is 9.97 Å². The van der Waals surface area contributed by atoms with Gasteiger partial charge < -0.3 is 15.0 Å². The Bertz CT molecular complexity index is 367. The summed E-state index contributed by atoms with van der Waals surface area (Å²) in [7, 11) is 1.72. The second-order valence-electron chi connectivity index (χ2n) is 3.74. The Kier molecular flexibility index (Phi) is 6.07. The maximum absolute atomic E-state index is 12.0. The highest BCUT2D eigenvalue weighted by molar-refractivity contribution is 5.91. The third kappa shape index (κ3) is 4.29. The maximum Gasteiger partial charge on any atom is 0.273 e.